The Labute approximate surface area is 156 Å². The quantitative estimate of drug-likeness (QED) is 0.488. The summed E-state index contributed by atoms with van der Waals surface area (Å²) in [6, 6.07) is 0. The fraction of sp³-hybridized carbons (Fsp3) is 1.00. The van der Waals surface area contributed by atoms with E-state index in [9.17, 15) is 0 Å². The van der Waals surface area contributed by atoms with Crippen LogP contribution in [-0.2, 0) is 4.74 Å². The number of hydrogen-bond acceptors (Lipinski definition) is 4. The van der Waals surface area contributed by atoms with Crippen LogP contribution in [0.1, 0.15) is 45.4 Å². The predicted octanol–water partition coefficient (Wildman–Crippen LogP) is 3.01. The molecule has 0 bridgehead atoms. The third kappa shape index (κ3) is 5.80. The average Bonchev–Trinajstić information content (AvgIpc) is 2.59. The number of hydrogen-bond donors (Lipinski definition) is 0. The summed E-state index contributed by atoms with van der Waals surface area (Å²) in [7, 11) is 0. The van der Waals surface area contributed by atoms with Crippen molar-refractivity contribution in [1.29, 1.82) is 0 Å². The van der Waals surface area contributed by atoms with Gasteiger partial charge in [0.15, 0.2) is 0 Å². The monoisotopic (exact) mass is 435 g/mol. The van der Waals surface area contributed by atoms with Crippen LogP contribution in [-0.4, -0.2) is 77.5 Å². The maximum Gasteiger partial charge on any atom is 0.0603 e. The Morgan fingerprint density at radius 3 is 1.96 bits per heavy atom. The molecule has 2 aliphatic heterocycles. The summed E-state index contributed by atoms with van der Waals surface area (Å²) in [6.45, 7) is 12.3. The molecule has 2 saturated heterocycles. The van der Waals surface area contributed by atoms with Crippen LogP contribution < -0.4 is 0 Å². The summed E-state index contributed by atoms with van der Waals surface area (Å²) in [4.78, 5) is 5.27. The number of piperidine rings is 1. The summed E-state index contributed by atoms with van der Waals surface area (Å²) < 4.78 is 8.79. The van der Waals surface area contributed by atoms with Gasteiger partial charge in [-0.05, 0) is 51.0 Å². The van der Waals surface area contributed by atoms with Crippen LogP contribution in [0.3, 0.4) is 0 Å². The largest absolute Gasteiger partial charge is 0.375 e. The molecular weight excluding hydrogens is 401 g/mol. The van der Waals surface area contributed by atoms with Gasteiger partial charge in [-0.3, -0.25) is 0 Å². The Balaban J connectivity index is 1.31. The van der Waals surface area contributed by atoms with Gasteiger partial charge in [0, 0.05) is 68.7 Å². The molecule has 4 nitrogen and oxygen atoms in total. The molecule has 1 saturated carbocycles. The van der Waals surface area contributed by atoms with E-state index in [1.165, 1.54) is 90.9 Å². The summed E-state index contributed by atoms with van der Waals surface area (Å²) in [5, 5.41) is 0. The Hall–Kier alpha value is 0.570. The summed E-state index contributed by atoms with van der Waals surface area (Å²) in [6.07, 6.45) is 8.88. The maximum absolute atomic E-state index is 6.40. The van der Waals surface area contributed by atoms with Crippen molar-refractivity contribution in [3.63, 3.8) is 0 Å². The van der Waals surface area contributed by atoms with E-state index in [1.54, 1.807) is 0 Å². The van der Waals surface area contributed by atoms with Crippen molar-refractivity contribution in [2.75, 3.05) is 52.4 Å². The zero-order valence-electron chi connectivity index (χ0n) is 14.8. The molecule has 0 atom stereocenters. The first-order chi connectivity index (χ1) is 11.2. The van der Waals surface area contributed by atoms with Crippen LogP contribution in [0.4, 0.5) is 0 Å². The van der Waals surface area contributed by atoms with Crippen LogP contribution in [0.25, 0.3) is 0 Å². The molecule has 3 aliphatic rings. The first kappa shape index (κ1) is 18.4. The molecule has 0 radical (unpaired) electrons. The average molecular weight is 435 g/mol. The lowest BCUT2D eigenvalue weighted by Gasteiger charge is -2.38. The predicted molar refractivity (Wildman–Crippen MR) is 104 cm³/mol. The second-order valence-corrected chi connectivity index (χ2v) is 8.99. The fourth-order valence-corrected chi connectivity index (χ4v) is 4.89. The Morgan fingerprint density at radius 1 is 0.783 bits per heavy atom. The molecule has 2 heterocycles. The fourth-order valence-electron chi connectivity index (χ4n) is 4.34. The smallest absolute Gasteiger partial charge is 0.0603 e. The number of piperazine rings is 1. The minimum atomic E-state index is 0.532. The molecule has 0 amide bonds. The first-order valence-corrected chi connectivity index (χ1v) is 10.7. The molecule has 23 heavy (non-hydrogen) atoms. The van der Waals surface area contributed by atoms with Gasteiger partial charge >= 0.3 is 0 Å². The van der Waals surface area contributed by atoms with Gasteiger partial charge in [-0.25, -0.2) is 3.11 Å². The van der Waals surface area contributed by atoms with Crippen LogP contribution in [0, 0.1) is 5.92 Å². The molecule has 134 valence electrons. The highest BCUT2D eigenvalue weighted by Gasteiger charge is 2.27. The molecule has 0 N–H and O–H groups in total. The number of likely N-dealkylation sites (N-methyl/N-ethyl adjacent to an activating group) is 1. The Bertz CT molecular complexity index is 333. The first-order valence-electron chi connectivity index (χ1n) is 9.74. The van der Waals surface area contributed by atoms with E-state index in [1.807, 2.05) is 0 Å². The highest BCUT2D eigenvalue weighted by Crippen LogP contribution is 2.29. The van der Waals surface area contributed by atoms with E-state index < -0.39 is 0 Å². The second kappa shape index (κ2) is 9.32. The molecule has 0 spiro atoms. The van der Waals surface area contributed by atoms with Crippen molar-refractivity contribution in [2.45, 2.75) is 57.7 Å². The van der Waals surface area contributed by atoms with Gasteiger partial charge in [-0.2, -0.15) is 0 Å². The molecule has 1 aliphatic carbocycles. The molecule has 0 aromatic rings. The summed E-state index contributed by atoms with van der Waals surface area (Å²) in [5.41, 5.74) is 0. The van der Waals surface area contributed by atoms with Crippen LogP contribution in [0.5, 0.6) is 0 Å². The van der Waals surface area contributed by atoms with Crippen molar-refractivity contribution >= 4 is 22.9 Å². The van der Waals surface area contributed by atoms with Crippen molar-refractivity contribution in [3.05, 3.63) is 0 Å². The molecular formula is C18H34IN3O. The number of halogens is 1. The Morgan fingerprint density at radius 2 is 1.35 bits per heavy atom. The lowest BCUT2D eigenvalue weighted by Crippen LogP contribution is -2.47. The van der Waals surface area contributed by atoms with E-state index in [0.29, 0.717) is 12.2 Å². The van der Waals surface area contributed by atoms with Gasteiger partial charge in [0.1, 0.15) is 0 Å². The number of nitrogens with zero attached hydrogens (tertiary/aromatic N) is 3. The van der Waals surface area contributed by atoms with E-state index in [4.69, 9.17) is 4.74 Å². The minimum Gasteiger partial charge on any atom is -0.375 e. The van der Waals surface area contributed by atoms with Crippen LogP contribution in [0.2, 0.25) is 0 Å². The van der Waals surface area contributed by atoms with Gasteiger partial charge in [-0.15, -0.1) is 0 Å². The van der Waals surface area contributed by atoms with Crippen molar-refractivity contribution in [1.82, 2.24) is 12.9 Å². The van der Waals surface area contributed by atoms with Crippen LogP contribution >= 0.6 is 22.9 Å². The van der Waals surface area contributed by atoms with E-state index in [-0.39, 0.29) is 0 Å². The highest BCUT2D eigenvalue weighted by atomic mass is 127. The third-order valence-corrected chi connectivity index (χ3v) is 6.96. The zero-order chi connectivity index (χ0) is 16.1. The van der Waals surface area contributed by atoms with Gasteiger partial charge in [0.25, 0.3) is 0 Å². The topological polar surface area (TPSA) is 19.0 Å². The molecule has 3 fully saturated rings. The lowest BCUT2D eigenvalue weighted by molar-refractivity contribution is -0.0545. The normalized spacial score (nSPS) is 33.1. The van der Waals surface area contributed by atoms with Crippen molar-refractivity contribution in [2.24, 2.45) is 5.92 Å². The van der Waals surface area contributed by atoms with Gasteiger partial charge in [0.2, 0.25) is 0 Å². The van der Waals surface area contributed by atoms with Crippen molar-refractivity contribution in [3.8, 4) is 0 Å². The standard InChI is InChI=1S/C18H34IN3O/c1-2-20-11-13-21(14-12-20)15-16-3-5-17(6-4-16)23-18-7-9-22(19)10-8-18/h16-18H,2-15H2,1H3/t16-,17-. The molecule has 0 unspecified atom stereocenters. The zero-order valence-corrected chi connectivity index (χ0v) is 16.9. The number of rotatable bonds is 5. The van der Waals surface area contributed by atoms with Crippen molar-refractivity contribution < 1.29 is 4.74 Å². The highest BCUT2D eigenvalue weighted by molar-refractivity contribution is 14.1. The van der Waals surface area contributed by atoms with Crippen LogP contribution in [0.15, 0.2) is 0 Å². The third-order valence-electron chi connectivity index (χ3n) is 5.99. The SMILES string of the molecule is CCN1CCN(C[C@H]2CC[C@H](OC3CCN(I)CC3)CC2)CC1. The lowest BCUT2D eigenvalue weighted by atomic mass is 9.86. The molecule has 5 heteroatoms. The maximum atomic E-state index is 6.40. The van der Waals surface area contributed by atoms with Gasteiger partial charge in [0.05, 0.1) is 12.2 Å². The second-order valence-electron chi connectivity index (χ2n) is 7.62. The molecule has 3 rings (SSSR count). The number of ether oxygens (including phenoxy) is 1. The van der Waals surface area contributed by atoms with E-state index in [2.05, 4.69) is 42.7 Å². The Kier molecular flexibility index (Phi) is 7.44. The van der Waals surface area contributed by atoms with E-state index in [0.717, 1.165) is 5.92 Å². The van der Waals surface area contributed by atoms with Gasteiger partial charge in [-0.1, -0.05) is 6.92 Å². The molecule has 0 aromatic heterocycles. The summed E-state index contributed by atoms with van der Waals surface area (Å²) in [5.74, 6) is 0.916. The molecule has 0 aromatic carbocycles. The van der Waals surface area contributed by atoms with Gasteiger partial charge < -0.3 is 14.5 Å². The summed E-state index contributed by atoms with van der Waals surface area (Å²) >= 11 is 2.44. The van der Waals surface area contributed by atoms with E-state index >= 15 is 0 Å². The minimum absolute atomic E-state index is 0.532.